The minimum absolute atomic E-state index is 0.276. The lowest BCUT2D eigenvalue weighted by Gasteiger charge is -2.08. The van der Waals surface area contributed by atoms with Gasteiger partial charge in [0.05, 0.1) is 0 Å². The lowest BCUT2D eigenvalue weighted by molar-refractivity contribution is -0.141. The topological polar surface area (TPSA) is 12.9 Å². The van der Waals surface area contributed by atoms with Crippen LogP contribution in [0.25, 0.3) is 11.1 Å². The molecule has 0 amide bonds. The minimum atomic E-state index is -4.50. The molecule has 87 valence electrons. The van der Waals surface area contributed by atoms with E-state index in [1.165, 1.54) is 6.07 Å². The Hall–Kier alpha value is -1.55. The molecule has 1 heterocycles. The van der Waals surface area contributed by atoms with Crippen molar-refractivity contribution in [2.75, 3.05) is 0 Å². The Bertz CT molecular complexity index is 537. The van der Waals surface area contributed by atoms with Gasteiger partial charge in [-0.2, -0.15) is 13.2 Å². The average molecular weight is 257 g/mol. The Morgan fingerprint density at radius 3 is 2.47 bits per heavy atom. The van der Waals surface area contributed by atoms with E-state index in [2.05, 4.69) is 11.1 Å². The molecule has 0 aliphatic rings. The van der Waals surface area contributed by atoms with E-state index in [0.717, 1.165) is 6.20 Å². The molecule has 0 saturated carbocycles. The average Bonchev–Trinajstić information content (AvgIpc) is 2.29. The summed E-state index contributed by atoms with van der Waals surface area (Å²) in [5, 5.41) is 0.378. The standard InChI is InChI=1S/C12H6ClF3N/c13-10-4-2-1-3-9(10)8-5-6-17-11(7-8)12(14,15)16/h1-6H. The summed E-state index contributed by atoms with van der Waals surface area (Å²) < 4.78 is 37.4. The third-order valence-electron chi connectivity index (χ3n) is 2.13. The fraction of sp³-hybridized carbons (Fsp3) is 0.0833. The first-order chi connectivity index (χ1) is 7.98. The highest BCUT2D eigenvalue weighted by Gasteiger charge is 2.32. The maximum Gasteiger partial charge on any atom is 0.433 e. The molecule has 1 nitrogen and oxygen atoms in total. The monoisotopic (exact) mass is 256 g/mol. The van der Waals surface area contributed by atoms with Gasteiger partial charge < -0.3 is 0 Å². The van der Waals surface area contributed by atoms with Crippen molar-refractivity contribution in [2.24, 2.45) is 0 Å². The molecule has 2 aromatic rings. The summed E-state index contributed by atoms with van der Waals surface area (Å²) in [6.07, 6.45) is -3.41. The molecule has 0 aliphatic heterocycles. The Balaban J connectivity index is 2.51. The maximum absolute atomic E-state index is 12.5. The van der Waals surface area contributed by atoms with Gasteiger partial charge in [0.25, 0.3) is 0 Å². The molecule has 0 atom stereocenters. The number of pyridine rings is 1. The van der Waals surface area contributed by atoms with Crippen molar-refractivity contribution in [3.8, 4) is 11.1 Å². The summed E-state index contributed by atoms with van der Waals surface area (Å²) in [6.45, 7) is 0. The van der Waals surface area contributed by atoms with Gasteiger partial charge in [0.1, 0.15) is 0 Å². The van der Waals surface area contributed by atoms with Crippen LogP contribution in [-0.4, -0.2) is 4.98 Å². The molecule has 0 fully saturated rings. The quantitative estimate of drug-likeness (QED) is 0.744. The van der Waals surface area contributed by atoms with E-state index in [9.17, 15) is 13.2 Å². The SMILES string of the molecule is FC(F)(F)c1[c]c(-c2ccccc2Cl)ccn1. The highest BCUT2D eigenvalue weighted by molar-refractivity contribution is 6.33. The van der Waals surface area contributed by atoms with Crippen LogP contribution in [-0.2, 0) is 6.18 Å². The van der Waals surface area contributed by atoms with Gasteiger partial charge in [0.2, 0.25) is 0 Å². The summed E-state index contributed by atoms with van der Waals surface area (Å²) in [6, 6.07) is 10.3. The van der Waals surface area contributed by atoms with Crippen LogP contribution >= 0.6 is 11.6 Å². The second-order valence-corrected chi connectivity index (χ2v) is 3.72. The molecule has 0 saturated heterocycles. The van der Waals surface area contributed by atoms with Gasteiger partial charge in [-0.05, 0) is 17.7 Å². The number of rotatable bonds is 1. The van der Waals surface area contributed by atoms with Gasteiger partial charge in [0.15, 0.2) is 5.69 Å². The van der Waals surface area contributed by atoms with Gasteiger partial charge in [0, 0.05) is 22.8 Å². The van der Waals surface area contributed by atoms with Crippen molar-refractivity contribution in [3.63, 3.8) is 0 Å². The van der Waals surface area contributed by atoms with E-state index in [-0.39, 0.29) is 5.56 Å². The van der Waals surface area contributed by atoms with Gasteiger partial charge in [-0.1, -0.05) is 29.8 Å². The number of alkyl halides is 3. The molecule has 0 bridgehead atoms. The van der Waals surface area contributed by atoms with E-state index in [0.29, 0.717) is 10.6 Å². The number of hydrogen-bond donors (Lipinski definition) is 0. The van der Waals surface area contributed by atoms with Crippen LogP contribution in [0.5, 0.6) is 0 Å². The first kappa shape index (κ1) is 11.9. The van der Waals surface area contributed by atoms with Crippen LogP contribution in [0, 0.1) is 6.07 Å². The molecule has 0 N–H and O–H groups in total. The molecule has 1 radical (unpaired) electrons. The predicted octanol–water partition coefficient (Wildman–Crippen LogP) is 4.22. The van der Waals surface area contributed by atoms with Gasteiger partial charge in [-0.15, -0.1) is 0 Å². The first-order valence-corrected chi connectivity index (χ1v) is 5.07. The van der Waals surface area contributed by atoms with E-state index < -0.39 is 11.9 Å². The second-order valence-electron chi connectivity index (χ2n) is 3.31. The summed E-state index contributed by atoms with van der Waals surface area (Å²) in [5.41, 5.74) is -0.269. The summed E-state index contributed by atoms with van der Waals surface area (Å²) >= 11 is 5.90. The molecule has 1 aromatic heterocycles. The van der Waals surface area contributed by atoms with Crippen LogP contribution in [0.4, 0.5) is 13.2 Å². The molecule has 0 spiro atoms. The van der Waals surface area contributed by atoms with Crippen LogP contribution in [0.1, 0.15) is 5.69 Å². The molecule has 0 aliphatic carbocycles. The van der Waals surface area contributed by atoms with Gasteiger partial charge >= 0.3 is 6.18 Å². The summed E-state index contributed by atoms with van der Waals surface area (Å²) in [5.74, 6) is 0. The van der Waals surface area contributed by atoms with Crippen LogP contribution in [0.2, 0.25) is 5.02 Å². The maximum atomic E-state index is 12.5. The third kappa shape index (κ3) is 2.58. The Labute approximate surface area is 101 Å². The zero-order valence-electron chi connectivity index (χ0n) is 8.42. The molecule has 0 unspecified atom stereocenters. The van der Waals surface area contributed by atoms with Crippen LogP contribution in [0.15, 0.2) is 36.5 Å². The van der Waals surface area contributed by atoms with Crippen molar-refractivity contribution >= 4 is 11.6 Å². The molecule has 1 aromatic carbocycles. The van der Waals surface area contributed by atoms with Crippen LogP contribution < -0.4 is 0 Å². The van der Waals surface area contributed by atoms with E-state index in [4.69, 9.17) is 11.6 Å². The molecular formula is C12H6ClF3N. The first-order valence-electron chi connectivity index (χ1n) is 4.69. The Morgan fingerprint density at radius 1 is 1.12 bits per heavy atom. The zero-order valence-corrected chi connectivity index (χ0v) is 9.18. The smallest absolute Gasteiger partial charge is 0.251 e. The summed E-state index contributed by atoms with van der Waals surface area (Å²) in [7, 11) is 0. The largest absolute Gasteiger partial charge is 0.433 e. The second kappa shape index (κ2) is 4.37. The molecular weight excluding hydrogens is 251 g/mol. The highest BCUT2D eigenvalue weighted by atomic mass is 35.5. The molecule has 17 heavy (non-hydrogen) atoms. The number of aromatic nitrogens is 1. The van der Waals surface area contributed by atoms with Crippen LogP contribution in [0.3, 0.4) is 0 Å². The summed E-state index contributed by atoms with van der Waals surface area (Å²) in [4.78, 5) is 3.24. The number of nitrogens with zero attached hydrogens (tertiary/aromatic N) is 1. The fourth-order valence-corrected chi connectivity index (χ4v) is 1.61. The Kier molecular flexibility index (Phi) is 3.07. The normalized spacial score (nSPS) is 11.5. The Morgan fingerprint density at radius 2 is 1.82 bits per heavy atom. The van der Waals surface area contributed by atoms with Gasteiger partial charge in [-0.25, -0.2) is 0 Å². The van der Waals surface area contributed by atoms with Crippen molar-refractivity contribution in [2.45, 2.75) is 6.18 Å². The molecule has 5 heteroatoms. The number of halogens is 4. The van der Waals surface area contributed by atoms with Crippen molar-refractivity contribution in [3.05, 3.63) is 53.3 Å². The van der Waals surface area contributed by atoms with E-state index >= 15 is 0 Å². The number of benzene rings is 1. The zero-order chi connectivity index (χ0) is 12.5. The lowest BCUT2D eigenvalue weighted by atomic mass is 10.1. The highest BCUT2D eigenvalue weighted by Crippen LogP contribution is 2.32. The van der Waals surface area contributed by atoms with Gasteiger partial charge in [-0.3, -0.25) is 4.98 Å². The number of hydrogen-bond acceptors (Lipinski definition) is 1. The van der Waals surface area contributed by atoms with Crippen molar-refractivity contribution < 1.29 is 13.2 Å². The van der Waals surface area contributed by atoms with Crippen molar-refractivity contribution in [1.29, 1.82) is 0 Å². The fourth-order valence-electron chi connectivity index (χ4n) is 1.37. The predicted molar refractivity (Wildman–Crippen MR) is 58.5 cm³/mol. The minimum Gasteiger partial charge on any atom is -0.251 e. The third-order valence-corrected chi connectivity index (χ3v) is 2.46. The molecule has 2 rings (SSSR count). The van der Waals surface area contributed by atoms with Crippen molar-refractivity contribution in [1.82, 2.24) is 4.98 Å². The lowest BCUT2D eigenvalue weighted by Crippen LogP contribution is -2.07. The van der Waals surface area contributed by atoms with E-state index in [1.54, 1.807) is 24.3 Å². The van der Waals surface area contributed by atoms with E-state index in [1.807, 2.05) is 0 Å².